The van der Waals surface area contributed by atoms with E-state index in [1.165, 1.54) is 5.56 Å². The van der Waals surface area contributed by atoms with Crippen LogP contribution < -0.4 is 5.32 Å². The molecule has 0 bridgehead atoms. The molecule has 0 saturated carbocycles. The first-order valence-electron chi connectivity index (χ1n) is 5.23. The Bertz CT molecular complexity index is 439. The van der Waals surface area contributed by atoms with Gasteiger partial charge in [-0.15, -0.1) is 0 Å². The van der Waals surface area contributed by atoms with Crippen LogP contribution in [0.15, 0.2) is 41.0 Å². The number of rotatable bonds is 4. The third-order valence-corrected chi connectivity index (χ3v) is 3.00. The molecule has 4 heteroatoms. The lowest BCUT2D eigenvalue weighted by molar-refractivity contribution is 0.567. The Hall–Kier alpha value is -1.13. The van der Waals surface area contributed by atoms with E-state index in [1.54, 1.807) is 6.20 Å². The second-order valence-corrected chi connectivity index (χ2v) is 4.66. The third-order valence-electron chi connectivity index (χ3n) is 2.51. The fourth-order valence-corrected chi connectivity index (χ4v) is 1.96. The summed E-state index contributed by atoms with van der Waals surface area (Å²) >= 11 is 3.48. The number of hydrogen-bond acceptors (Lipinski definition) is 2. The molecular formula is C12H14BrN3. The molecule has 0 saturated heterocycles. The first kappa shape index (κ1) is 11.4. The summed E-state index contributed by atoms with van der Waals surface area (Å²) in [6.07, 6.45) is 1.76. The second kappa shape index (κ2) is 5.27. The van der Waals surface area contributed by atoms with E-state index in [0.717, 1.165) is 16.7 Å². The summed E-state index contributed by atoms with van der Waals surface area (Å²) in [4.78, 5) is 0. The summed E-state index contributed by atoms with van der Waals surface area (Å²) in [5.41, 5.74) is 2.37. The minimum Gasteiger partial charge on any atom is -0.305 e. The van der Waals surface area contributed by atoms with Crippen molar-refractivity contribution in [1.82, 2.24) is 15.5 Å². The lowest BCUT2D eigenvalue weighted by Crippen LogP contribution is -2.18. The fraction of sp³-hybridized carbons (Fsp3) is 0.250. The highest BCUT2D eigenvalue weighted by Gasteiger charge is 2.05. The Kier molecular flexibility index (Phi) is 3.74. The Morgan fingerprint density at radius 3 is 3.00 bits per heavy atom. The number of benzene rings is 1. The van der Waals surface area contributed by atoms with Gasteiger partial charge in [0.1, 0.15) is 0 Å². The van der Waals surface area contributed by atoms with Crippen molar-refractivity contribution in [3.63, 3.8) is 0 Å². The highest BCUT2D eigenvalue weighted by atomic mass is 79.9. The molecule has 0 amide bonds. The molecule has 2 rings (SSSR count). The number of aromatic nitrogens is 2. The van der Waals surface area contributed by atoms with Gasteiger partial charge in [-0.1, -0.05) is 28.1 Å². The van der Waals surface area contributed by atoms with Gasteiger partial charge in [-0.25, -0.2) is 0 Å². The van der Waals surface area contributed by atoms with E-state index in [4.69, 9.17) is 0 Å². The molecule has 0 radical (unpaired) electrons. The quantitative estimate of drug-likeness (QED) is 0.903. The van der Waals surface area contributed by atoms with Gasteiger partial charge in [0.15, 0.2) is 0 Å². The molecule has 0 fully saturated rings. The van der Waals surface area contributed by atoms with E-state index < -0.39 is 0 Å². The number of nitrogens with zero attached hydrogens (tertiary/aromatic N) is 1. The molecule has 0 unspecified atom stereocenters. The van der Waals surface area contributed by atoms with E-state index in [9.17, 15) is 0 Å². The van der Waals surface area contributed by atoms with E-state index >= 15 is 0 Å². The molecule has 0 spiro atoms. The predicted octanol–water partition coefficient (Wildman–Crippen LogP) is 3.02. The van der Waals surface area contributed by atoms with Gasteiger partial charge in [-0.3, -0.25) is 5.10 Å². The molecule has 1 heterocycles. The van der Waals surface area contributed by atoms with Gasteiger partial charge < -0.3 is 5.32 Å². The lowest BCUT2D eigenvalue weighted by Gasteiger charge is -2.13. The van der Waals surface area contributed by atoms with Crippen LogP contribution in [0.3, 0.4) is 0 Å². The fourth-order valence-electron chi connectivity index (χ4n) is 1.54. The Balaban J connectivity index is 1.95. The predicted molar refractivity (Wildman–Crippen MR) is 68.0 cm³/mol. The highest BCUT2D eigenvalue weighted by Crippen LogP contribution is 2.17. The van der Waals surface area contributed by atoms with E-state index in [1.807, 2.05) is 18.2 Å². The van der Waals surface area contributed by atoms with Crippen LogP contribution in [0.5, 0.6) is 0 Å². The van der Waals surface area contributed by atoms with Crippen molar-refractivity contribution in [2.45, 2.75) is 19.5 Å². The van der Waals surface area contributed by atoms with Gasteiger partial charge in [0.2, 0.25) is 0 Å². The molecule has 16 heavy (non-hydrogen) atoms. The molecule has 1 aromatic heterocycles. The Morgan fingerprint density at radius 2 is 2.31 bits per heavy atom. The minimum absolute atomic E-state index is 0.320. The van der Waals surface area contributed by atoms with Gasteiger partial charge in [0.05, 0.1) is 0 Å². The Morgan fingerprint density at radius 1 is 1.44 bits per heavy atom. The second-order valence-electron chi connectivity index (χ2n) is 3.74. The van der Waals surface area contributed by atoms with Gasteiger partial charge >= 0.3 is 0 Å². The van der Waals surface area contributed by atoms with Crippen molar-refractivity contribution in [3.05, 3.63) is 52.3 Å². The van der Waals surface area contributed by atoms with Crippen LogP contribution in [-0.2, 0) is 6.54 Å². The van der Waals surface area contributed by atoms with Gasteiger partial charge in [0, 0.05) is 29.0 Å². The summed E-state index contributed by atoms with van der Waals surface area (Å²) in [5, 5.41) is 10.3. The molecule has 84 valence electrons. The van der Waals surface area contributed by atoms with Gasteiger partial charge in [-0.2, -0.15) is 5.10 Å². The van der Waals surface area contributed by atoms with Crippen molar-refractivity contribution < 1.29 is 0 Å². The zero-order chi connectivity index (χ0) is 11.4. The van der Waals surface area contributed by atoms with Crippen LogP contribution in [0.1, 0.15) is 24.2 Å². The molecule has 1 atom stereocenters. The summed E-state index contributed by atoms with van der Waals surface area (Å²) in [6, 6.07) is 10.6. The molecule has 0 aliphatic heterocycles. The summed E-state index contributed by atoms with van der Waals surface area (Å²) in [5.74, 6) is 0. The van der Waals surface area contributed by atoms with Crippen molar-refractivity contribution in [1.29, 1.82) is 0 Å². The van der Waals surface area contributed by atoms with Crippen LogP contribution in [0.25, 0.3) is 0 Å². The highest BCUT2D eigenvalue weighted by molar-refractivity contribution is 9.10. The first-order valence-corrected chi connectivity index (χ1v) is 6.02. The van der Waals surface area contributed by atoms with E-state index in [2.05, 4.69) is 50.5 Å². The number of halogens is 1. The van der Waals surface area contributed by atoms with Crippen LogP contribution in [0.4, 0.5) is 0 Å². The van der Waals surface area contributed by atoms with E-state index in [-0.39, 0.29) is 0 Å². The maximum Gasteiger partial charge on any atom is 0.0490 e. The zero-order valence-electron chi connectivity index (χ0n) is 9.07. The van der Waals surface area contributed by atoms with Crippen LogP contribution in [-0.4, -0.2) is 10.2 Å². The monoisotopic (exact) mass is 279 g/mol. The molecule has 2 aromatic rings. The van der Waals surface area contributed by atoms with Gasteiger partial charge in [-0.05, 0) is 30.7 Å². The van der Waals surface area contributed by atoms with Crippen LogP contribution >= 0.6 is 15.9 Å². The van der Waals surface area contributed by atoms with Crippen LogP contribution in [0.2, 0.25) is 0 Å². The normalized spacial score (nSPS) is 12.6. The molecule has 3 nitrogen and oxygen atoms in total. The first-order chi connectivity index (χ1) is 7.75. The van der Waals surface area contributed by atoms with Crippen LogP contribution in [0, 0.1) is 0 Å². The van der Waals surface area contributed by atoms with Crippen molar-refractivity contribution >= 4 is 15.9 Å². The maximum atomic E-state index is 3.91. The SMILES string of the molecule is C[C@H](NCc1ccn[nH]1)c1cccc(Br)c1. The zero-order valence-corrected chi connectivity index (χ0v) is 10.7. The minimum atomic E-state index is 0.320. The number of nitrogens with one attached hydrogen (secondary N) is 2. The molecule has 0 aliphatic rings. The summed E-state index contributed by atoms with van der Waals surface area (Å²) < 4.78 is 1.11. The molecular weight excluding hydrogens is 266 g/mol. The number of aromatic amines is 1. The summed E-state index contributed by atoms with van der Waals surface area (Å²) in [6.45, 7) is 2.95. The lowest BCUT2D eigenvalue weighted by atomic mass is 10.1. The number of H-pyrrole nitrogens is 1. The maximum absolute atomic E-state index is 3.91. The third kappa shape index (κ3) is 2.93. The number of hydrogen-bond donors (Lipinski definition) is 2. The van der Waals surface area contributed by atoms with Crippen molar-refractivity contribution in [3.8, 4) is 0 Å². The molecule has 1 aromatic carbocycles. The standard InChI is InChI=1S/C12H14BrN3/c1-9(10-3-2-4-11(13)7-10)14-8-12-5-6-15-16-12/h2-7,9,14H,8H2,1H3,(H,15,16)/t9-/m0/s1. The average Bonchev–Trinajstić information content (AvgIpc) is 2.78. The molecule has 0 aliphatic carbocycles. The Labute approximate surface area is 103 Å². The van der Waals surface area contributed by atoms with Crippen molar-refractivity contribution in [2.75, 3.05) is 0 Å². The van der Waals surface area contributed by atoms with E-state index in [0.29, 0.717) is 6.04 Å². The average molecular weight is 280 g/mol. The largest absolute Gasteiger partial charge is 0.305 e. The molecule has 2 N–H and O–H groups in total. The van der Waals surface area contributed by atoms with Gasteiger partial charge in [0.25, 0.3) is 0 Å². The summed E-state index contributed by atoms with van der Waals surface area (Å²) in [7, 11) is 0. The van der Waals surface area contributed by atoms with Crippen molar-refractivity contribution in [2.24, 2.45) is 0 Å². The smallest absolute Gasteiger partial charge is 0.0490 e. The topological polar surface area (TPSA) is 40.7 Å².